The molecule has 0 bridgehead atoms. The number of carbonyl (C=O) groups excluding carboxylic acids is 2. The highest BCUT2D eigenvalue weighted by Gasteiger charge is 2.11. The molecule has 2 amide bonds. The van der Waals surface area contributed by atoms with Crippen LogP contribution in [0.5, 0.6) is 5.75 Å². The molecule has 0 aliphatic heterocycles. The minimum absolute atomic E-state index is 0.0597. The Morgan fingerprint density at radius 3 is 2.79 bits per heavy atom. The smallest absolute Gasteiger partial charge is 0.291 e. The predicted molar refractivity (Wildman–Crippen MR) is 90.2 cm³/mol. The Bertz CT molecular complexity index is 670. The summed E-state index contributed by atoms with van der Waals surface area (Å²) in [7, 11) is 3.56. The zero-order valence-corrected chi connectivity index (χ0v) is 13.7. The molecule has 1 aromatic heterocycles. The van der Waals surface area contributed by atoms with Crippen LogP contribution in [0.1, 0.15) is 10.6 Å². The number of amides is 2. The van der Waals surface area contributed by atoms with E-state index in [0.717, 1.165) is 6.54 Å². The third kappa shape index (κ3) is 5.13. The number of benzene rings is 1. The van der Waals surface area contributed by atoms with E-state index in [1.807, 2.05) is 7.05 Å². The monoisotopic (exact) mass is 331 g/mol. The Balaban J connectivity index is 1.88. The van der Waals surface area contributed by atoms with Gasteiger partial charge in [-0.15, -0.1) is 0 Å². The second-order valence-corrected chi connectivity index (χ2v) is 5.17. The summed E-state index contributed by atoms with van der Waals surface area (Å²) < 4.78 is 10.5. The Kier molecular flexibility index (Phi) is 6.39. The molecule has 0 unspecified atom stereocenters. The summed E-state index contributed by atoms with van der Waals surface area (Å²) in [6, 6.07) is 10.1. The summed E-state index contributed by atoms with van der Waals surface area (Å²) in [5.41, 5.74) is 0.560. The van der Waals surface area contributed by atoms with Crippen LogP contribution in [0.25, 0.3) is 0 Å². The number of rotatable bonds is 8. The molecule has 2 aromatic rings. The number of anilines is 1. The van der Waals surface area contributed by atoms with E-state index in [4.69, 9.17) is 9.15 Å². The summed E-state index contributed by atoms with van der Waals surface area (Å²) in [5.74, 6) is 0.264. The third-order valence-electron chi connectivity index (χ3n) is 3.32. The number of likely N-dealkylation sites (N-methyl/N-ethyl adjacent to an activating group) is 2. The maximum Gasteiger partial charge on any atom is 0.291 e. The van der Waals surface area contributed by atoms with E-state index in [0.29, 0.717) is 18.0 Å². The number of ether oxygens (including phenoxy) is 1. The van der Waals surface area contributed by atoms with Crippen LogP contribution < -0.4 is 15.4 Å². The molecule has 0 fully saturated rings. The molecular formula is C17H21N3O4. The van der Waals surface area contributed by atoms with Crippen LogP contribution in [0.2, 0.25) is 0 Å². The van der Waals surface area contributed by atoms with E-state index in [-0.39, 0.29) is 24.2 Å². The zero-order chi connectivity index (χ0) is 17.4. The predicted octanol–water partition coefficient (Wildman–Crippen LogP) is 1.59. The van der Waals surface area contributed by atoms with Gasteiger partial charge in [0.1, 0.15) is 5.75 Å². The highest BCUT2D eigenvalue weighted by molar-refractivity contribution is 6.02. The van der Waals surface area contributed by atoms with Gasteiger partial charge in [-0.2, -0.15) is 0 Å². The number of furan rings is 1. The van der Waals surface area contributed by atoms with Crippen LogP contribution in [0, 0.1) is 0 Å². The maximum absolute atomic E-state index is 11.9. The van der Waals surface area contributed by atoms with Crippen molar-refractivity contribution in [2.24, 2.45) is 0 Å². The molecule has 0 saturated carbocycles. The molecule has 0 spiro atoms. The van der Waals surface area contributed by atoms with Crippen LogP contribution in [0.15, 0.2) is 47.1 Å². The number of carbonyl (C=O) groups is 2. The fraction of sp³-hybridized carbons (Fsp3) is 0.294. The first-order valence-electron chi connectivity index (χ1n) is 7.56. The first-order chi connectivity index (χ1) is 11.6. The van der Waals surface area contributed by atoms with Crippen molar-refractivity contribution in [3.05, 3.63) is 48.4 Å². The van der Waals surface area contributed by atoms with Crippen LogP contribution in [0.4, 0.5) is 5.69 Å². The van der Waals surface area contributed by atoms with Gasteiger partial charge in [0.25, 0.3) is 11.8 Å². The Labute approximate surface area is 140 Å². The Hall–Kier alpha value is -2.80. The number of nitrogens with one attached hydrogen (secondary N) is 2. The average Bonchev–Trinajstić information content (AvgIpc) is 3.12. The highest BCUT2D eigenvalue weighted by Crippen LogP contribution is 2.18. The van der Waals surface area contributed by atoms with Crippen LogP contribution in [0.3, 0.4) is 0 Å². The van der Waals surface area contributed by atoms with Crippen molar-refractivity contribution in [2.45, 2.75) is 0 Å². The van der Waals surface area contributed by atoms with Gasteiger partial charge in [-0.25, -0.2) is 0 Å². The van der Waals surface area contributed by atoms with Gasteiger partial charge in [0, 0.05) is 31.9 Å². The van der Waals surface area contributed by atoms with E-state index in [1.54, 1.807) is 48.3 Å². The molecule has 2 rings (SSSR count). The number of nitrogens with zero attached hydrogens (tertiary/aromatic N) is 1. The van der Waals surface area contributed by atoms with Gasteiger partial charge in [-0.05, 0) is 31.3 Å². The number of hydrogen-bond donors (Lipinski definition) is 2. The van der Waals surface area contributed by atoms with Gasteiger partial charge in [0.05, 0.1) is 6.26 Å². The average molecular weight is 331 g/mol. The summed E-state index contributed by atoms with van der Waals surface area (Å²) in [6.45, 7) is 1.27. The lowest BCUT2D eigenvalue weighted by Gasteiger charge is -2.17. The fourth-order valence-corrected chi connectivity index (χ4v) is 1.92. The molecule has 2 N–H and O–H groups in total. The first kappa shape index (κ1) is 17.6. The van der Waals surface area contributed by atoms with Crippen molar-refractivity contribution in [1.29, 1.82) is 0 Å². The van der Waals surface area contributed by atoms with Crippen molar-refractivity contribution in [1.82, 2.24) is 10.2 Å². The van der Waals surface area contributed by atoms with Crippen molar-refractivity contribution < 1.29 is 18.7 Å². The molecule has 1 aromatic carbocycles. The van der Waals surface area contributed by atoms with Crippen LogP contribution in [-0.4, -0.2) is 50.5 Å². The Morgan fingerprint density at radius 1 is 1.25 bits per heavy atom. The zero-order valence-electron chi connectivity index (χ0n) is 13.7. The van der Waals surface area contributed by atoms with Gasteiger partial charge < -0.3 is 24.7 Å². The molecule has 0 aliphatic rings. The molecule has 24 heavy (non-hydrogen) atoms. The maximum atomic E-state index is 11.9. The SMILES string of the molecule is CNCCN(C)C(=O)COc1cccc(NC(=O)c2ccco2)c1. The molecular weight excluding hydrogens is 310 g/mol. The lowest BCUT2D eigenvalue weighted by Crippen LogP contribution is -2.35. The lowest BCUT2D eigenvalue weighted by molar-refractivity contribution is -0.131. The Morgan fingerprint density at radius 2 is 2.08 bits per heavy atom. The topological polar surface area (TPSA) is 83.8 Å². The molecule has 1 heterocycles. The van der Waals surface area contributed by atoms with Crippen molar-refractivity contribution in [2.75, 3.05) is 39.1 Å². The van der Waals surface area contributed by atoms with Gasteiger partial charge in [-0.1, -0.05) is 6.07 Å². The van der Waals surface area contributed by atoms with Crippen molar-refractivity contribution >= 4 is 17.5 Å². The fourth-order valence-electron chi connectivity index (χ4n) is 1.92. The van der Waals surface area contributed by atoms with E-state index in [1.165, 1.54) is 6.26 Å². The summed E-state index contributed by atoms with van der Waals surface area (Å²) >= 11 is 0. The lowest BCUT2D eigenvalue weighted by atomic mass is 10.3. The molecule has 0 aliphatic carbocycles. The van der Waals surface area contributed by atoms with E-state index in [9.17, 15) is 9.59 Å². The number of hydrogen-bond acceptors (Lipinski definition) is 5. The highest BCUT2D eigenvalue weighted by atomic mass is 16.5. The first-order valence-corrected chi connectivity index (χ1v) is 7.56. The van der Waals surface area contributed by atoms with Crippen molar-refractivity contribution in [3.63, 3.8) is 0 Å². The molecule has 7 nitrogen and oxygen atoms in total. The second-order valence-electron chi connectivity index (χ2n) is 5.17. The second kappa shape index (κ2) is 8.73. The summed E-state index contributed by atoms with van der Waals surface area (Å²) in [4.78, 5) is 25.5. The minimum Gasteiger partial charge on any atom is -0.484 e. The molecule has 0 atom stereocenters. The summed E-state index contributed by atoms with van der Waals surface area (Å²) in [6.07, 6.45) is 1.44. The third-order valence-corrected chi connectivity index (χ3v) is 3.32. The van der Waals surface area contributed by atoms with Crippen LogP contribution in [-0.2, 0) is 4.79 Å². The standard InChI is InChI=1S/C17H21N3O4/c1-18-8-9-20(2)16(21)12-24-14-6-3-5-13(11-14)19-17(22)15-7-4-10-23-15/h3-7,10-11,18H,8-9,12H2,1-2H3,(H,19,22). The van der Waals surface area contributed by atoms with Gasteiger partial charge in [-0.3, -0.25) is 9.59 Å². The normalized spacial score (nSPS) is 10.2. The van der Waals surface area contributed by atoms with Crippen molar-refractivity contribution in [3.8, 4) is 5.75 Å². The van der Waals surface area contributed by atoms with E-state index < -0.39 is 0 Å². The van der Waals surface area contributed by atoms with Crippen LogP contribution >= 0.6 is 0 Å². The molecule has 0 radical (unpaired) electrons. The van der Waals surface area contributed by atoms with Gasteiger partial charge in [0.2, 0.25) is 0 Å². The van der Waals surface area contributed by atoms with Gasteiger partial charge >= 0.3 is 0 Å². The van der Waals surface area contributed by atoms with E-state index >= 15 is 0 Å². The largest absolute Gasteiger partial charge is 0.484 e. The van der Waals surface area contributed by atoms with Gasteiger partial charge in [0.15, 0.2) is 12.4 Å². The molecule has 7 heteroatoms. The molecule has 128 valence electrons. The summed E-state index contributed by atoms with van der Waals surface area (Å²) in [5, 5.41) is 5.69. The quantitative estimate of drug-likeness (QED) is 0.767. The molecule has 0 saturated heterocycles. The van der Waals surface area contributed by atoms with E-state index in [2.05, 4.69) is 10.6 Å². The minimum atomic E-state index is -0.347.